The number of halogens is 2. The molecule has 0 spiro atoms. The van der Waals surface area contributed by atoms with Crippen LogP contribution in [0.1, 0.15) is 38.5 Å². The van der Waals surface area contributed by atoms with Gasteiger partial charge in [0.15, 0.2) is 5.13 Å². The van der Waals surface area contributed by atoms with Gasteiger partial charge in [0.05, 0.1) is 10.7 Å². The number of benzene rings is 1. The average Bonchev–Trinajstić information content (AvgIpc) is 3.44. The van der Waals surface area contributed by atoms with Crippen molar-refractivity contribution in [3.63, 3.8) is 0 Å². The number of hydrogen-bond donors (Lipinski definition) is 3. The minimum absolute atomic E-state index is 0.171. The summed E-state index contributed by atoms with van der Waals surface area (Å²) in [5.74, 6) is 0.860. The summed E-state index contributed by atoms with van der Waals surface area (Å²) in [5.41, 5.74) is 0.403. The number of sulfonamides is 1. The van der Waals surface area contributed by atoms with Crippen LogP contribution < -0.4 is 15.4 Å². The highest BCUT2D eigenvalue weighted by atomic mass is 35.5. The minimum atomic E-state index is -4.09. The Kier molecular flexibility index (Phi) is 6.81. The second kappa shape index (κ2) is 9.38. The van der Waals surface area contributed by atoms with Gasteiger partial charge in [-0.1, -0.05) is 24.4 Å². The quantitative estimate of drug-likeness (QED) is 0.436. The molecule has 2 aromatic rings. The number of nitrogens with zero attached hydrogens (tertiary/aromatic N) is 1. The standard InChI is InChI=1S/C20H26ClFN4O2S2/c21-15-10-19(30(27,28)26-20-24-8-9-29-20)16(22)11-18(15)23-7-3-1-2-4-14-13-5-6-17(14)25-12-13/h8-11,13-14,17,23,25H,1-7,12H2,(H,24,26)/t13-,14+,17-/m1/s1. The van der Waals surface area contributed by atoms with Crippen molar-refractivity contribution in [3.8, 4) is 0 Å². The summed E-state index contributed by atoms with van der Waals surface area (Å²) in [5, 5.41) is 8.71. The van der Waals surface area contributed by atoms with E-state index in [4.69, 9.17) is 11.6 Å². The number of nitrogens with one attached hydrogen (secondary N) is 3. The molecular weight excluding hydrogens is 447 g/mol. The van der Waals surface area contributed by atoms with Gasteiger partial charge in [0, 0.05) is 24.2 Å². The Balaban J connectivity index is 1.26. The van der Waals surface area contributed by atoms with Crippen LogP contribution in [0.3, 0.4) is 0 Å². The molecule has 1 aliphatic heterocycles. The first-order chi connectivity index (χ1) is 14.4. The molecule has 164 valence electrons. The molecule has 1 saturated heterocycles. The van der Waals surface area contributed by atoms with E-state index >= 15 is 0 Å². The summed E-state index contributed by atoms with van der Waals surface area (Å²) in [6.07, 6.45) is 8.70. The van der Waals surface area contributed by atoms with Crippen molar-refractivity contribution in [3.05, 3.63) is 34.5 Å². The van der Waals surface area contributed by atoms with Crippen molar-refractivity contribution >= 4 is 43.8 Å². The Morgan fingerprint density at radius 2 is 2.13 bits per heavy atom. The van der Waals surface area contributed by atoms with Gasteiger partial charge in [-0.25, -0.2) is 17.8 Å². The Hall–Kier alpha value is -1.42. The molecule has 0 unspecified atom stereocenters. The third-order valence-corrected chi connectivity index (χ3v) is 8.59. The molecule has 1 aliphatic carbocycles. The summed E-state index contributed by atoms with van der Waals surface area (Å²) < 4.78 is 41.6. The third kappa shape index (κ3) is 4.90. The average molecular weight is 473 g/mol. The maximum absolute atomic E-state index is 14.5. The number of piperidine rings is 1. The van der Waals surface area contributed by atoms with Gasteiger partial charge in [0.1, 0.15) is 10.7 Å². The van der Waals surface area contributed by atoms with Gasteiger partial charge < -0.3 is 10.6 Å². The number of fused-ring (bicyclic) bond motifs is 2. The van der Waals surface area contributed by atoms with Gasteiger partial charge in [-0.05, 0) is 56.2 Å². The summed E-state index contributed by atoms with van der Waals surface area (Å²) in [4.78, 5) is 3.36. The molecule has 1 aromatic heterocycles. The van der Waals surface area contributed by atoms with Crippen LogP contribution in [0.5, 0.6) is 0 Å². The van der Waals surface area contributed by atoms with Crippen molar-refractivity contribution in [1.82, 2.24) is 10.3 Å². The van der Waals surface area contributed by atoms with Gasteiger partial charge in [-0.15, -0.1) is 11.3 Å². The molecule has 2 aliphatic rings. The van der Waals surface area contributed by atoms with Crippen LogP contribution in [-0.4, -0.2) is 32.5 Å². The SMILES string of the molecule is O=S(=O)(Nc1nccs1)c1cc(Cl)c(NCCCCC[C@H]2[C@@H]3CC[C@H]2NC3)cc1F. The molecule has 1 saturated carbocycles. The predicted octanol–water partition coefficient (Wildman–Crippen LogP) is 4.71. The number of unbranched alkanes of at least 4 members (excludes halogenated alkanes) is 2. The Bertz CT molecular complexity index is 951. The zero-order valence-corrected chi connectivity index (χ0v) is 18.9. The maximum Gasteiger partial charge on any atom is 0.266 e. The van der Waals surface area contributed by atoms with Crippen molar-refractivity contribution in [2.75, 3.05) is 23.1 Å². The molecule has 2 heterocycles. The highest BCUT2D eigenvalue weighted by Gasteiger charge is 2.40. The first-order valence-corrected chi connectivity index (χ1v) is 13.1. The lowest BCUT2D eigenvalue weighted by Crippen LogP contribution is -2.25. The first-order valence-electron chi connectivity index (χ1n) is 10.3. The van der Waals surface area contributed by atoms with Crippen LogP contribution >= 0.6 is 22.9 Å². The monoisotopic (exact) mass is 472 g/mol. The van der Waals surface area contributed by atoms with Gasteiger partial charge in [0.2, 0.25) is 0 Å². The van der Waals surface area contributed by atoms with Crippen LogP contribution in [0, 0.1) is 17.7 Å². The van der Waals surface area contributed by atoms with Crippen molar-refractivity contribution in [2.45, 2.75) is 49.5 Å². The molecule has 30 heavy (non-hydrogen) atoms. The fraction of sp³-hybridized carbons (Fsp3) is 0.550. The number of thiazole rings is 1. The summed E-state index contributed by atoms with van der Waals surface area (Å²) in [7, 11) is -4.09. The van der Waals surface area contributed by atoms with Crippen LogP contribution in [0.2, 0.25) is 5.02 Å². The van der Waals surface area contributed by atoms with Crippen molar-refractivity contribution < 1.29 is 12.8 Å². The van der Waals surface area contributed by atoms with Gasteiger partial charge in [-0.2, -0.15) is 0 Å². The number of anilines is 2. The molecule has 10 heteroatoms. The maximum atomic E-state index is 14.5. The second-order valence-corrected chi connectivity index (χ2v) is 10.9. The highest BCUT2D eigenvalue weighted by molar-refractivity contribution is 7.93. The predicted molar refractivity (Wildman–Crippen MR) is 119 cm³/mol. The highest BCUT2D eigenvalue weighted by Crippen LogP contribution is 2.39. The van der Waals surface area contributed by atoms with Crippen LogP contribution in [-0.2, 0) is 10.0 Å². The fourth-order valence-electron chi connectivity index (χ4n) is 4.62. The van der Waals surface area contributed by atoms with E-state index in [-0.39, 0.29) is 10.2 Å². The lowest BCUT2D eigenvalue weighted by Gasteiger charge is -2.14. The fourth-order valence-corrected chi connectivity index (χ4v) is 6.79. The van der Waals surface area contributed by atoms with E-state index in [1.807, 2.05) is 0 Å². The van der Waals surface area contributed by atoms with Gasteiger partial charge in [-0.3, -0.25) is 4.72 Å². The van der Waals surface area contributed by atoms with Crippen LogP contribution in [0.25, 0.3) is 0 Å². The van der Waals surface area contributed by atoms with Crippen LogP contribution in [0.4, 0.5) is 15.2 Å². The summed E-state index contributed by atoms with van der Waals surface area (Å²) in [6, 6.07) is 3.01. The normalized spacial score (nSPS) is 23.1. The zero-order chi connectivity index (χ0) is 21.1. The number of hydrogen-bond acceptors (Lipinski definition) is 6. The van der Waals surface area contributed by atoms with E-state index in [9.17, 15) is 12.8 Å². The molecule has 4 rings (SSSR count). The largest absolute Gasteiger partial charge is 0.384 e. The first kappa shape index (κ1) is 21.8. The Morgan fingerprint density at radius 1 is 1.27 bits per heavy atom. The molecule has 2 bridgehead atoms. The van der Waals surface area contributed by atoms with Gasteiger partial charge >= 0.3 is 0 Å². The molecule has 0 radical (unpaired) electrons. The lowest BCUT2D eigenvalue weighted by atomic mass is 9.92. The van der Waals surface area contributed by atoms with E-state index in [1.54, 1.807) is 5.38 Å². The van der Waals surface area contributed by atoms with E-state index < -0.39 is 20.7 Å². The molecule has 0 amide bonds. The van der Waals surface area contributed by atoms with E-state index in [2.05, 4.69) is 20.3 Å². The van der Waals surface area contributed by atoms with Crippen molar-refractivity contribution in [1.29, 1.82) is 0 Å². The molecule has 1 aromatic carbocycles. The number of aromatic nitrogens is 1. The van der Waals surface area contributed by atoms with E-state index in [1.165, 1.54) is 38.4 Å². The van der Waals surface area contributed by atoms with Crippen LogP contribution in [0.15, 0.2) is 28.6 Å². The molecular formula is C20H26ClFN4O2S2. The zero-order valence-electron chi connectivity index (χ0n) is 16.5. The second-order valence-electron chi connectivity index (χ2n) is 8.00. The number of rotatable bonds is 10. The Morgan fingerprint density at radius 3 is 2.80 bits per heavy atom. The molecule has 3 atom stereocenters. The smallest absolute Gasteiger partial charge is 0.266 e. The summed E-state index contributed by atoms with van der Waals surface area (Å²) in [6.45, 7) is 1.85. The summed E-state index contributed by atoms with van der Waals surface area (Å²) >= 11 is 7.33. The Labute approximate surface area is 185 Å². The minimum Gasteiger partial charge on any atom is -0.384 e. The molecule has 6 nitrogen and oxygen atoms in total. The van der Waals surface area contributed by atoms with Gasteiger partial charge in [0.25, 0.3) is 10.0 Å². The topological polar surface area (TPSA) is 83.1 Å². The molecule has 3 N–H and O–H groups in total. The lowest BCUT2D eigenvalue weighted by molar-refractivity contribution is 0.400. The molecule has 2 fully saturated rings. The van der Waals surface area contributed by atoms with E-state index in [0.29, 0.717) is 12.2 Å². The van der Waals surface area contributed by atoms with Crippen molar-refractivity contribution in [2.24, 2.45) is 11.8 Å². The van der Waals surface area contributed by atoms with E-state index in [0.717, 1.165) is 54.2 Å². The third-order valence-electron chi connectivity index (χ3n) is 6.11.